The predicted molar refractivity (Wildman–Crippen MR) is 112 cm³/mol. The standard InChI is InChI=1S/C20H40N2O5Si/c1-19(2,3)26-18(24)21-15-12-11-14(17(23)22(7)25-8)13-16(15)27-28(9,10)20(4,5)6/h14-16H,11-13H2,1-10H3,(H,21,24)/t14-,15+,16-/m0/s1. The first kappa shape index (κ1) is 24.9. The highest BCUT2D eigenvalue weighted by Crippen LogP contribution is 2.40. The van der Waals surface area contributed by atoms with Gasteiger partial charge >= 0.3 is 6.09 Å². The van der Waals surface area contributed by atoms with Crippen LogP contribution in [0.15, 0.2) is 0 Å². The Balaban J connectivity index is 2.98. The van der Waals surface area contributed by atoms with E-state index in [1.165, 1.54) is 12.2 Å². The molecule has 8 heteroatoms. The summed E-state index contributed by atoms with van der Waals surface area (Å²) in [7, 11) is 1.03. The second-order valence-corrected chi connectivity index (χ2v) is 15.0. The summed E-state index contributed by atoms with van der Waals surface area (Å²) in [5.74, 6) is -0.238. The largest absolute Gasteiger partial charge is 0.444 e. The van der Waals surface area contributed by atoms with Gasteiger partial charge in [0.05, 0.1) is 19.3 Å². The van der Waals surface area contributed by atoms with Crippen LogP contribution < -0.4 is 5.32 Å². The average molecular weight is 417 g/mol. The van der Waals surface area contributed by atoms with Gasteiger partial charge in [0.1, 0.15) is 5.60 Å². The topological polar surface area (TPSA) is 77.1 Å². The van der Waals surface area contributed by atoms with Crippen LogP contribution in [0.25, 0.3) is 0 Å². The normalized spacial score (nSPS) is 23.9. The van der Waals surface area contributed by atoms with E-state index in [0.29, 0.717) is 19.3 Å². The van der Waals surface area contributed by atoms with Crippen LogP contribution in [0.5, 0.6) is 0 Å². The molecule has 0 radical (unpaired) electrons. The van der Waals surface area contributed by atoms with Gasteiger partial charge in [0, 0.05) is 13.0 Å². The molecule has 1 N–H and O–H groups in total. The van der Waals surface area contributed by atoms with Crippen molar-refractivity contribution in [3.8, 4) is 0 Å². The highest BCUT2D eigenvalue weighted by Gasteiger charge is 2.44. The number of carbonyl (C=O) groups excluding carboxylic acids is 2. The zero-order chi connectivity index (χ0) is 21.9. The first-order chi connectivity index (χ1) is 12.6. The van der Waals surface area contributed by atoms with E-state index in [2.05, 4.69) is 39.2 Å². The van der Waals surface area contributed by atoms with Crippen molar-refractivity contribution >= 4 is 20.3 Å². The van der Waals surface area contributed by atoms with E-state index in [9.17, 15) is 9.59 Å². The fourth-order valence-electron chi connectivity index (χ4n) is 3.01. The van der Waals surface area contributed by atoms with Crippen LogP contribution in [0.4, 0.5) is 4.79 Å². The Morgan fingerprint density at radius 2 is 1.64 bits per heavy atom. The lowest BCUT2D eigenvalue weighted by atomic mass is 9.83. The fourth-order valence-corrected chi connectivity index (χ4v) is 4.38. The molecule has 0 unspecified atom stereocenters. The van der Waals surface area contributed by atoms with Gasteiger partial charge in [-0.15, -0.1) is 0 Å². The van der Waals surface area contributed by atoms with Crippen LogP contribution in [-0.4, -0.2) is 57.3 Å². The third-order valence-corrected chi connectivity index (χ3v) is 10.2. The number of nitrogens with one attached hydrogen (secondary N) is 1. The summed E-state index contributed by atoms with van der Waals surface area (Å²) in [6, 6.07) is -0.180. The molecule has 7 nitrogen and oxygen atoms in total. The number of hydrogen-bond acceptors (Lipinski definition) is 5. The predicted octanol–water partition coefficient (Wildman–Crippen LogP) is 4.09. The second-order valence-electron chi connectivity index (χ2n) is 10.2. The third-order valence-electron chi connectivity index (χ3n) is 5.68. The highest BCUT2D eigenvalue weighted by molar-refractivity contribution is 6.74. The number of hydroxylamine groups is 2. The number of ether oxygens (including phenoxy) is 1. The summed E-state index contributed by atoms with van der Waals surface area (Å²) >= 11 is 0. The van der Waals surface area contributed by atoms with E-state index < -0.39 is 20.0 Å². The summed E-state index contributed by atoms with van der Waals surface area (Å²) < 4.78 is 12.1. The maximum atomic E-state index is 12.6. The van der Waals surface area contributed by atoms with Crippen LogP contribution in [0.3, 0.4) is 0 Å². The number of alkyl carbamates (subject to hydrolysis) is 1. The van der Waals surface area contributed by atoms with Crippen LogP contribution in [0, 0.1) is 5.92 Å². The zero-order valence-corrected chi connectivity index (χ0v) is 20.3. The molecule has 1 rings (SSSR count). The Hall–Kier alpha value is -1.12. The molecule has 0 aromatic heterocycles. The van der Waals surface area contributed by atoms with Gasteiger partial charge in [0.2, 0.25) is 5.91 Å². The van der Waals surface area contributed by atoms with Crippen molar-refractivity contribution in [3.05, 3.63) is 0 Å². The summed E-state index contributed by atoms with van der Waals surface area (Å²) in [4.78, 5) is 30.0. The SMILES string of the molecule is CON(C)C(=O)[C@H]1CC[C@@H](NC(=O)OC(C)(C)C)[C@@H](O[Si](C)(C)C(C)(C)C)C1. The van der Waals surface area contributed by atoms with Crippen molar-refractivity contribution in [1.82, 2.24) is 10.4 Å². The van der Waals surface area contributed by atoms with Gasteiger partial charge in [0.25, 0.3) is 0 Å². The lowest BCUT2D eigenvalue weighted by Gasteiger charge is -2.44. The molecule has 164 valence electrons. The number of amides is 2. The van der Waals surface area contributed by atoms with Gasteiger partial charge in [-0.3, -0.25) is 9.63 Å². The molecule has 0 aromatic rings. The average Bonchev–Trinajstić information content (AvgIpc) is 2.51. The minimum Gasteiger partial charge on any atom is -0.444 e. The molecular weight excluding hydrogens is 376 g/mol. The highest BCUT2D eigenvalue weighted by atomic mass is 28.4. The Morgan fingerprint density at radius 3 is 2.11 bits per heavy atom. The molecule has 0 aliphatic heterocycles. The first-order valence-corrected chi connectivity index (χ1v) is 13.0. The molecule has 3 atom stereocenters. The van der Waals surface area contributed by atoms with Gasteiger partial charge in [-0.05, 0) is 58.2 Å². The molecule has 0 spiro atoms. The van der Waals surface area contributed by atoms with E-state index in [1.807, 2.05) is 20.8 Å². The van der Waals surface area contributed by atoms with Crippen molar-refractivity contribution in [1.29, 1.82) is 0 Å². The molecule has 0 heterocycles. The van der Waals surface area contributed by atoms with Crippen molar-refractivity contribution in [2.45, 2.75) is 96.7 Å². The Morgan fingerprint density at radius 1 is 1.07 bits per heavy atom. The van der Waals surface area contributed by atoms with E-state index >= 15 is 0 Å². The van der Waals surface area contributed by atoms with Gasteiger partial charge in [0.15, 0.2) is 8.32 Å². The molecule has 0 bridgehead atoms. The summed E-state index contributed by atoms with van der Waals surface area (Å²) in [6.07, 6.45) is 1.21. The fraction of sp³-hybridized carbons (Fsp3) is 0.900. The van der Waals surface area contributed by atoms with E-state index in [-0.39, 0.29) is 29.0 Å². The summed E-state index contributed by atoms with van der Waals surface area (Å²) in [6.45, 7) is 16.4. The van der Waals surface area contributed by atoms with Crippen LogP contribution >= 0.6 is 0 Å². The smallest absolute Gasteiger partial charge is 0.407 e. The monoisotopic (exact) mass is 416 g/mol. The zero-order valence-electron chi connectivity index (χ0n) is 19.3. The molecule has 0 saturated heterocycles. The lowest BCUT2D eigenvalue weighted by molar-refractivity contribution is -0.175. The van der Waals surface area contributed by atoms with E-state index in [0.717, 1.165) is 0 Å². The van der Waals surface area contributed by atoms with Crippen molar-refractivity contribution in [3.63, 3.8) is 0 Å². The number of rotatable bonds is 5. The van der Waals surface area contributed by atoms with Crippen LogP contribution in [0.2, 0.25) is 18.1 Å². The Kier molecular flexibility index (Phi) is 8.13. The lowest BCUT2D eigenvalue weighted by Crippen LogP contribution is -2.55. The Bertz CT molecular complexity index is 554. The molecule has 1 fully saturated rings. The maximum absolute atomic E-state index is 12.6. The van der Waals surface area contributed by atoms with Crippen molar-refractivity contribution < 1.29 is 23.6 Å². The van der Waals surface area contributed by atoms with Crippen LogP contribution in [0.1, 0.15) is 60.8 Å². The molecule has 2 amide bonds. The number of carbonyl (C=O) groups is 2. The van der Waals surface area contributed by atoms with E-state index in [4.69, 9.17) is 14.0 Å². The molecule has 28 heavy (non-hydrogen) atoms. The molecule has 1 aliphatic rings. The van der Waals surface area contributed by atoms with Crippen LogP contribution in [-0.2, 0) is 18.8 Å². The number of hydrogen-bond donors (Lipinski definition) is 1. The first-order valence-electron chi connectivity index (χ1n) is 10.1. The quantitative estimate of drug-likeness (QED) is 0.539. The summed E-state index contributed by atoms with van der Waals surface area (Å²) in [5.41, 5.74) is -0.561. The van der Waals surface area contributed by atoms with E-state index in [1.54, 1.807) is 7.05 Å². The minimum atomic E-state index is -2.08. The molecule has 1 saturated carbocycles. The van der Waals surface area contributed by atoms with Gasteiger partial charge in [-0.1, -0.05) is 20.8 Å². The van der Waals surface area contributed by atoms with Gasteiger partial charge < -0.3 is 14.5 Å². The molecule has 1 aliphatic carbocycles. The molecular formula is C20H40N2O5Si. The summed E-state index contributed by atoms with van der Waals surface area (Å²) in [5, 5.41) is 4.29. The van der Waals surface area contributed by atoms with Gasteiger partial charge in [-0.25, -0.2) is 9.86 Å². The Labute approximate surface area is 171 Å². The van der Waals surface area contributed by atoms with Gasteiger partial charge in [-0.2, -0.15) is 0 Å². The maximum Gasteiger partial charge on any atom is 0.407 e. The third kappa shape index (κ3) is 7.04. The second kappa shape index (κ2) is 9.13. The van der Waals surface area contributed by atoms with Crippen molar-refractivity contribution in [2.24, 2.45) is 5.92 Å². The minimum absolute atomic E-state index is 0.0315. The molecule has 0 aromatic carbocycles. The number of nitrogens with zero attached hydrogens (tertiary/aromatic N) is 1. The van der Waals surface area contributed by atoms with Crippen molar-refractivity contribution in [2.75, 3.05) is 14.2 Å².